The Bertz CT molecular complexity index is 924. The standard InChI is InChI=1S/C18H18N4O3S/c1-18(2,3)25-17(24)22-14-13(9-11(10-19)16(26)21-14)15(23)20-12-7-5-4-6-8-12/h4-9H,1-3H3,(H,20,23)(H2,21,22,24,26). The number of aromatic nitrogens is 1. The number of H-pyrrole nitrogens is 1. The molecule has 0 saturated heterocycles. The lowest BCUT2D eigenvalue weighted by Crippen LogP contribution is -2.28. The molecule has 3 N–H and O–H groups in total. The summed E-state index contributed by atoms with van der Waals surface area (Å²) in [5, 5.41) is 14.3. The predicted octanol–water partition coefficient (Wildman–Crippen LogP) is 4.22. The van der Waals surface area contributed by atoms with Crippen molar-refractivity contribution in [3.8, 4) is 6.07 Å². The van der Waals surface area contributed by atoms with Crippen molar-refractivity contribution in [1.29, 1.82) is 5.26 Å². The van der Waals surface area contributed by atoms with Gasteiger partial charge in [-0.25, -0.2) is 4.79 Å². The molecule has 2 aromatic rings. The quantitative estimate of drug-likeness (QED) is 0.701. The van der Waals surface area contributed by atoms with E-state index in [0.29, 0.717) is 5.69 Å². The minimum atomic E-state index is -0.749. The van der Waals surface area contributed by atoms with Gasteiger partial charge < -0.3 is 15.0 Å². The van der Waals surface area contributed by atoms with E-state index in [1.54, 1.807) is 45.0 Å². The molecule has 26 heavy (non-hydrogen) atoms. The fourth-order valence-corrected chi connectivity index (χ4v) is 2.22. The van der Waals surface area contributed by atoms with Gasteiger partial charge in [-0.2, -0.15) is 5.26 Å². The zero-order chi connectivity index (χ0) is 19.3. The molecular weight excluding hydrogens is 352 g/mol. The first kappa shape index (κ1) is 19.1. The van der Waals surface area contributed by atoms with Gasteiger partial charge in [0.25, 0.3) is 5.91 Å². The van der Waals surface area contributed by atoms with Crippen LogP contribution in [0.25, 0.3) is 0 Å². The average molecular weight is 370 g/mol. The minimum Gasteiger partial charge on any atom is -0.444 e. The van der Waals surface area contributed by atoms with Gasteiger partial charge in [0.1, 0.15) is 22.1 Å². The van der Waals surface area contributed by atoms with Crippen molar-refractivity contribution >= 4 is 35.7 Å². The van der Waals surface area contributed by atoms with Gasteiger partial charge in [-0.15, -0.1) is 0 Å². The second-order valence-electron chi connectivity index (χ2n) is 6.36. The van der Waals surface area contributed by atoms with Crippen LogP contribution in [0.3, 0.4) is 0 Å². The highest BCUT2D eigenvalue weighted by atomic mass is 32.1. The lowest BCUT2D eigenvalue weighted by atomic mass is 10.1. The number of rotatable bonds is 3. The van der Waals surface area contributed by atoms with E-state index < -0.39 is 17.6 Å². The number of benzene rings is 1. The summed E-state index contributed by atoms with van der Waals surface area (Å²) in [5.74, 6) is -0.457. The second kappa shape index (κ2) is 7.80. The summed E-state index contributed by atoms with van der Waals surface area (Å²) >= 11 is 5.08. The van der Waals surface area contributed by atoms with Crippen molar-refractivity contribution in [2.45, 2.75) is 26.4 Å². The molecular formula is C18H18N4O3S. The van der Waals surface area contributed by atoms with E-state index in [1.165, 1.54) is 6.07 Å². The SMILES string of the molecule is CC(C)(C)OC(=O)Nc1[nH]c(=S)c(C#N)cc1C(=O)Nc1ccccc1. The molecule has 0 saturated carbocycles. The van der Waals surface area contributed by atoms with E-state index in [9.17, 15) is 9.59 Å². The Morgan fingerprint density at radius 1 is 1.19 bits per heavy atom. The highest BCUT2D eigenvalue weighted by Crippen LogP contribution is 2.19. The van der Waals surface area contributed by atoms with Crippen LogP contribution in [0.5, 0.6) is 0 Å². The Labute approximate surface area is 156 Å². The van der Waals surface area contributed by atoms with Gasteiger partial charge >= 0.3 is 6.09 Å². The van der Waals surface area contributed by atoms with Crippen molar-refractivity contribution < 1.29 is 14.3 Å². The van der Waals surface area contributed by atoms with Crippen molar-refractivity contribution in [3.63, 3.8) is 0 Å². The topological polar surface area (TPSA) is 107 Å². The van der Waals surface area contributed by atoms with Crippen LogP contribution in [0.2, 0.25) is 0 Å². The van der Waals surface area contributed by atoms with Gasteiger partial charge in [0.15, 0.2) is 0 Å². The molecule has 0 bridgehead atoms. The number of nitrogens with one attached hydrogen (secondary N) is 3. The highest BCUT2D eigenvalue weighted by molar-refractivity contribution is 7.71. The molecule has 134 valence electrons. The van der Waals surface area contributed by atoms with Gasteiger partial charge in [-0.3, -0.25) is 10.1 Å². The first-order valence-corrected chi connectivity index (χ1v) is 8.14. The molecule has 2 rings (SSSR count). The molecule has 0 spiro atoms. The van der Waals surface area contributed by atoms with Crippen molar-refractivity contribution in [2.24, 2.45) is 0 Å². The van der Waals surface area contributed by atoms with Crippen molar-refractivity contribution in [2.75, 3.05) is 10.6 Å². The van der Waals surface area contributed by atoms with E-state index in [1.807, 2.05) is 12.1 Å². The first-order chi connectivity index (χ1) is 12.2. The fourth-order valence-electron chi connectivity index (χ4n) is 2.02. The number of aromatic amines is 1. The Balaban J connectivity index is 2.36. The maximum absolute atomic E-state index is 12.6. The summed E-state index contributed by atoms with van der Waals surface area (Å²) in [7, 11) is 0. The number of carbonyl (C=O) groups is 2. The van der Waals surface area contributed by atoms with Crippen LogP contribution >= 0.6 is 12.2 Å². The van der Waals surface area contributed by atoms with E-state index >= 15 is 0 Å². The number of ether oxygens (including phenoxy) is 1. The van der Waals surface area contributed by atoms with Crippen LogP contribution in [0.15, 0.2) is 36.4 Å². The van der Waals surface area contributed by atoms with Crippen LogP contribution in [0.1, 0.15) is 36.7 Å². The fraction of sp³-hybridized carbons (Fsp3) is 0.222. The van der Waals surface area contributed by atoms with Gasteiger partial charge in [-0.05, 0) is 39.0 Å². The van der Waals surface area contributed by atoms with E-state index in [-0.39, 0.29) is 21.6 Å². The van der Waals surface area contributed by atoms with Gasteiger partial charge in [-0.1, -0.05) is 30.4 Å². The van der Waals surface area contributed by atoms with Gasteiger partial charge in [0.05, 0.1) is 11.1 Å². The Morgan fingerprint density at radius 3 is 2.42 bits per heavy atom. The number of pyridine rings is 1. The number of nitriles is 1. The molecule has 8 heteroatoms. The monoisotopic (exact) mass is 370 g/mol. The highest BCUT2D eigenvalue weighted by Gasteiger charge is 2.20. The molecule has 0 aliphatic carbocycles. The third kappa shape index (κ3) is 5.16. The van der Waals surface area contributed by atoms with E-state index in [0.717, 1.165) is 0 Å². The largest absolute Gasteiger partial charge is 0.444 e. The van der Waals surface area contributed by atoms with Crippen LogP contribution < -0.4 is 10.6 Å². The predicted molar refractivity (Wildman–Crippen MR) is 101 cm³/mol. The molecule has 0 aliphatic rings. The van der Waals surface area contributed by atoms with Crippen LogP contribution in [0.4, 0.5) is 16.3 Å². The lowest BCUT2D eigenvalue weighted by molar-refractivity contribution is 0.0635. The zero-order valence-electron chi connectivity index (χ0n) is 14.5. The molecule has 0 atom stereocenters. The van der Waals surface area contributed by atoms with E-state index in [2.05, 4.69) is 15.6 Å². The maximum atomic E-state index is 12.6. The second-order valence-corrected chi connectivity index (χ2v) is 6.77. The van der Waals surface area contributed by atoms with Crippen molar-refractivity contribution in [3.05, 3.63) is 52.2 Å². The smallest absolute Gasteiger partial charge is 0.413 e. The molecule has 0 unspecified atom stereocenters. The van der Waals surface area contributed by atoms with Crippen LogP contribution in [-0.4, -0.2) is 22.6 Å². The number of anilines is 2. The summed E-state index contributed by atoms with van der Waals surface area (Å²) in [6, 6.07) is 12.0. The number of hydrogen-bond acceptors (Lipinski definition) is 5. The zero-order valence-corrected chi connectivity index (χ0v) is 15.4. The number of hydrogen-bond donors (Lipinski definition) is 3. The number of para-hydroxylation sites is 1. The molecule has 0 fully saturated rings. The molecule has 7 nitrogen and oxygen atoms in total. The molecule has 0 aliphatic heterocycles. The minimum absolute atomic E-state index is 0.0525. The van der Waals surface area contributed by atoms with E-state index in [4.69, 9.17) is 22.2 Å². The Hall–Kier alpha value is -3.18. The molecule has 0 radical (unpaired) electrons. The van der Waals surface area contributed by atoms with Gasteiger partial charge in [0, 0.05) is 5.69 Å². The normalized spacial score (nSPS) is 10.5. The number of carbonyl (C=O) groups excluding carboxylic acids is 2. The molecule has 1 aromatic carbocycles. The number of amides is 2. The average Bonchev–Trinajstić information content (AvgIpc) is 2.54. The van der Waals surface area contributed by atoms with Gasteiger partial charge in [0.2, 0.25) is 0 Å². The number of nitrogens with zero attached hydrogens (tertiary/aromatic N) is 1. The Kier molecular flexibility index (Phi) is 5.75. The van der Waals surface area contributed by atoms with Crippen LogP contribution in [0, 0.1) is 16.0 Å². The lowest BCUT2D eigenvalue weighted by Gasteiger charge is -2.20. The maximum Gasteiger partial charge on any atom is 0.413 e. The first-order valence-electron chi connectivity index (χ1n) is 7.73. The molecule has 1 heterocycles. The third-order valence-electron chi connectivity index (χ3n) is 3.06. The van der Waals surface area contributed by atoms with Crippen LogP contribution in [-0.2, 0) is 4.74 Å². The van der Waals surface area contributed by atoms with Crippen molar-refractivity contribution in [1.82, 2.24) is 4.98 Å². The Morgan fingerprint density at radius 2 is 1.85 bits per heavy atom. The summed E-state index contributed by atoms with van der Waals surface area (Å²) in [6.45, 7) is 5.16. The molecule has 1 aromatic heterocycles. The third-order valence-corrected chi connectivity index (χ3v) is 3.39. The summed E-state index contributed by atoms with van der Waals surface area (Å²) < 4.78 is 5.30. The summed E-state index contributed by atoms with van der Waals surface area (Å²) in [4.78, 5) is 27.4. The summed E-state index contributed by atoms with van der Waals surface area (Å²) in [5.41, 5.74) is 0.0411. The molecule has 2 amide bonds. The summed E-state index contributed by atoms with van der Waals surface area (Å²) in [6.07, 6.45) is -0.749.